The van der Waals surface area contributed by atoms with Gasteiger partial charge in [-0.15, -0.1) is 0 Å². The third-order valence-electron chi connectivity index (χ3n) is 6.66. The first-order valence-corrected chi connectivity index (χ1v) is 10.7. The van der Waals surface area contributed by atoms with Crippen LogP contribution in [0.25, 0.3) is 0 Å². The zero-order chi connectivity index (χ0) is 23.0. The Kier molecular flexibility index (Phi) is 6.68. The number of hydrogen-bond acceptors (Lipinski definition) is 10. The number of phenols is 1. The van der Waals surface area contributed by atoms with Crippen LogP contribution in [0.3, 0.4) is 0 Å². The second-order valence-corrected chi connectivity index (χ2v) is 8.67. The first kappa shape index (κ1) is 22.9. The van der Waals surface area contributed by atoms with E-state index in [4.69, 9.17) is 18.9 Å². The van der Waals surface area contributed by atoms with Crippen molar-refractivity contribution in [3.8, 4) is 5.75 Å². The van der Waals surface area contributed by atoms with Gasteiger partial charge in [0.25, 0.3) is 0 Å². The topological polar surface area (TPSA) is 152 Å². The highest BCUT2D eigenvalue weighted by molar-refractivity contribution is 5.89. The highest BCUT2D eigenvalue weighted by atomic mass is 16.7. The minimum Gasteiger partial charge on any atom is -0.508 e. The van der Waals surface area contributed by atoms with Gasteiger partial charge in [-0.2, -0.15) is 0 Å². The van der Waals surface area contributed by atoms with Gasteiger partial charge in [-0.1, -0.05) is 6.92 Å². The SMILES string of the molecule is C[C@H]1[C@@H]2C(=O)OCC[C@H]2C[C@@H]1O[C@@H]1O[C@H](COC(=O)c2ccc(O)cc2)[C@@H](O)[C@H](O)[C@H]1O. The van der Waals surface area contributed by atoms with Crippen molar-refractivity contribution in [1.29, 1.82) is 0 Å². The van der Waals surface area contributed by atoms with Crippen molar-refractivity contribution in [3.05, 3.63) is 29.8 Å². The summed E-state index contributed by atoms with van der Waals surface area (Å²) in [7, 11) is 0. The molecule has 10 heteroatoms. The molecule has 1 aliphatic carbocycles. The number of phenolic OH excluding ortho intramolecular Hbond substituents is 1. The monoisotopic (exact) mass is 452 g/mol. The van der Waals surface area contributed by atoms with Gasteiger partial charge in [0.05, 0.1) is 24.2 Å². The van der Waals surface area contributed by atoms with Crippen molar-refractivity contribution in [2.45, 2.75) is 56.6 Å². The lowest BCUT2D eigenvalue weighted by molar-refractivity contribution is -0.313. The van der Waals surface area contributed by atoms with Gasteiger partial charge in [0.15, 0.2) is 6.29 Å². The van der Waals surface area contributed by atoms with Crippen molar-refractivity contribution in [2.75, 3.05) is 13.2 Å². The Labute approximate surface area is 184 Å². The predicted octanol–water partition coefficient (Wildman–Crippen LogP) is -0.0391. The maximum atomic E-state index is 12.2. The van der Waals surface area contributed by atoms with Gasteiger partial charge in [0, 0.05) is 0 Å². The van der Waals surface area contributed by atoms with Gasteiger partial charge in [0.2, 0.25) is 0 Å². The van der Waals surface area contributed by atoms with E-state index < -0.39 is 42.8 Å². The van der Waals surface area contributed by atoms with Crippen LogP contribution in [0, 0.1) is 17.8 Å². The number of ether oxygens (including phenoxy) is 4. The van der Waals surface area contributed by atoms with Crippen molar-refractivity contribution in [2.24, 2.45) is 17.8 Å². The fraction of sp³-hybridized carbons (Fsp3) is 0.636. The number of aliphatic hydroxyl groups excluding tert-OH is 3. The van der Waals surface area contributed by atoms with Crippen LogP contribution in [0.2, 0.25) is 0 Å². The molecule has 10 nitrogen and oxygen atoms in total. The van der Waals surface area contributed by atoms with Crippen LogP contribution in [0.4, 0.5) is 0 Å². The van der Waals surface area contributed by atoms with E-state index in [9.17, 15) is 30.0 Å². The number of carbonyl (C=O) groups excluding carboxylic acids is 2. The molecule has 4 N–H and O–H groups in total. The van der Waals surface area contributed by atoms with Crippen molar-refractivity contribution in [3.63, 3.8) is 0 Å². The van der Waals surface area contributed by atoms with Gasteiger partial charge >= 0.3 is 11.9 Å². The van der Waals surface area contributed by atoms with E-state index in [2.05, 4.69) is 0 Å². The number of aliphatic hydroxyl groups is 3. The molecular weight excluding hydrogens is 424 g/mol. The largest absolute Gasteiger partial charge is 0.508 e. The van der Waals surface area contributed by atoms with E-state index in [1.165, 1.54) is 24.3 Å². The Morgan fingerprint density at radius 2 is 1.84 bits per heavy atom. The molecule has 176 valence electrons. The Bertz CT molecular complexity index is 827. The number of aromatic hydroxyl groups is 1. The number of hydrogen-bond donors (Lipinski definition) is 4. The highest BCUT2D eigenvalue weighted by Crippen LogP contribution is 2.44. The van der Waals surface area contributed by atoms with Crippen molar-refractivity contribution >= 4 is 11.9 Å². The molecule has 1 saturated carbocycles. The molecule has 3 fully saturated rings. The first-order chi connectivity index (χ1) is 15.3. The second-order valence-electron chi connectivity index (χ2n) is 8.67. The second kappa shape index (κ2) is 9.32. The Morgan fingerprint density at radius 1 is 1.12 bits per heavy atom. The maximum Gasteiger partial charge on any atom is 0.338 e. The van der Waals surface area contributed by atoms with Crippen LogP contribution >= 0.6 is 0 Å². The molecule has 0 bridgehead atoms. The molecule has 2 aliphatic heterocycles. The third kappa shape index (κ3) is 4.46. The summed E-state index contributed by atoms with van der Waals surface area (Å²) in [5.74, 6) is -1.29. The minimum absolute atomic E-state index is 0.000988. The predicted molar refractivity (Wildman–Crippen MR) is 106 cm³/mol. The van der Waals surface area contributed by atoms with Crippen LogP contribution in [0.5, 0.6) is 5.75 Å². The minimum atomic E-state index is -1.57. The first-order valence-electron chi connectivity index (χ1n) is 10.7. The summed E-state index contributed by atoms with van der Waals surface area (Å²) in [5, 5.41) is 40.3. The van der Waals surface area contributed by atoms with Gasteiger partial charge in [0.1, 0.15) is 36.8 Å². The standard InChI is InChI=1S/C22H28O10/c1-10-14(8-12-6-7-29-21(28)16(10)12)31-22-19(26)18(25)17(24)15(32-22)9-30-20(27)11-2-4-13(23)5-3-11/h2-5,10,12,14-19,22-26H,6-9H2,1H3/t10-,12+,14+,15-,16+,17-,18+,19-,22-/m1/s1. The normalized spacial score (nSPS) is 39.2. The molecule has 2 heterocycles. The summed E-state index contributed by atoms with van der Waals surface area (Å²) in [6, 6.07) is 5.43. The number of carbonyl (C=O) groups is 2. The molecule has 3 aliphatic rings. The van der Waals surface area contributed by atoms with E-state index in [0.717, 1.165) is 6.42 Å². The lowest BCUT2D eigenvalue weighted by Gasteiger charge is -2.41. The van der Waals surface area contributed by atoms with Crippen LogP contribution < -0.4 is 0 Å². The number of rotatable bonds is 5. The molecule has 32 heavy (non-hydrogen) atoms. The molecule has 0 amide bonds. The van der Waals surface area contributed by atoms with Crippen LogP contribution in [0.1, 0.15) is 30.1 Å². The van der Waals surface area contributed by atoms with E-state index in [-0.39, 0.29) is 41.6 Å². The van der Waals surface area contributed by atoms with E-state index in [0.29, 0.717) is 13.0 Å². The van der Waals surface area contributed by atoms with Gasteiger partial charge in [-0.05, 0) is 48.9 Å². The maximum absolute atomic E-state index is 12.2. The molecule has 2 saturated heterocycles. The molecule has 0 radical (unpaired) electrons. The Morgan fingerprint density at radius 3 is 2.53 bits per heavy atom. The fourth-order valence-corrected chi connectivity index (χ4v) is 4.79. The zero-order valence-corrected chi connectivity index (χ0v) is 17.6. The molecule has 0 unspecified atom stereocenters. The number of esters is 2. The summed E-state index contributed by atoms with van der Waals surface area (Å²) in [5.41, 5.74) is 0.191. The number of benzene rings is 1. The number of fused-ring (bicyclic) bond motifs is 1. The fourth-order valence-electron chi connectivity index (χ4n) is 4.79. The quantitative estimate of drug-likeness (QED) is 0.448. The smallest absolute Gasteiger partial charge is 0.338 e. The average Bonchev–Trinajstić information content (AvgIpc) is 3.10. The summed E-state index contributed by atoms with van der Waals surface area (Å²) in [4.78, 5) is 24.3. The summed E-state index contributed by atoms with van der Waals surface area (Å²) in [6.07, 6.45) is -6.07. The lowest BCUT2D eigenvalue weighted by atomic mass is 9.87. The van der Waals surface area contributed by atoms with Crippen LogP contribution in [-0.4, -0.2) is 82.4 Å². The number of cyclic esters (lactones) is 1. The summed E-state index contributed by atoms with van der Waals surface area (Å²) >= 11 is 0. The molecule has 1 aromatic carbocycles. The van der Waals surface area contributed by atoms with Crippen molar-refractivity contribution in [1.82, 2.24) is 0 Å². The molecule has 4 rings (SSSR count). The van der Waals surface area contributed by atoms with E-state index >= 15 is 0 Å². The third-order valence-corrected chi connectivity index (χ3v) is 6.66. The van der Waals surface area contributed by atoms with Crippen LogP contribution in [0.15, 0.2) is 24.3 Å². The molecular formula is C22H28O10. The van der Waals surface area contributed by atoms with E-state index in [1.54, 1.807) is 0 Å². The van der Waals surface area contributed by atoms with Gasteiger partial charge < -0.3 is 39.4 Å². The van der Waals surface area contributed by atoms with Gasteiger partial charge in [-0.3, -0.25) is 4.79 Å². The summed E-state index contributed by atoms with van der Waals surface area (Å²) in [6.45, 7) is 1.86. The average molecular weight is 452 g/mol. The zero-order valence-electron chi connectivity index (χ0n) is 17.6. The Balaban J connectivity index is 1.38. The van der Waals surface area contributed by atoms with Crippen molar-refractivity contribution < 1.29 is 49.0 Å². The Hall–Kier alpha value is -2.24. The summed E-state index contributed by atoms with van der Waals surface area (Å²) < 4.78 is 21.9. The molecule has 1 aromatic rings. The van der Waals surface area contributed by atoms with Crippen LogP contribution in [-0.2, 0) is 23.7 Å². The molecule has 0 aromatic heterocycles. The van der Waals surface area contributed by atoms with E-state index in [1.807, 2.05) is 6.92 Å². The molecule has 0 spiro atoms. The van der Waals surface area contributed by atoms with Gasteiger partial charge in [-0.25, -0.2) is 4.79 Å². The highest BCUT2D eigenvalue weighted by Gasteiger charge is 2.51. The lowest BCUT2D eigenvalue weighted by Crippen LogP contribution is -2.60. The molecule has 9 atom stereocenters.